The molecule has 3 heteroatoms. The first-order valence-corrected chi connectivity index (χ1v) is 7.58. The summed E-state index contributed by atoms with van der Waals surface area (Å²) in [6.07, 6.45) is 0.180. The van der Waals surface area contributed by atoms with Crippen LogP contribution < -0.4 is 0 Å². The Labute approximate surface area is 123 Å². The first kappa shape index (κ1) is 14.7. The average molecular weight is 286 g/mol. The van der Waals surface area contributed by atoms with Crippen molar-refractivity contribution in [3.05, 3.63) is 71.8 Å². The molecule has 0 saturated carbocycles. The normalized spacial score (nSPS) is 11.2. The predicted molar refractivity (Wildman–Crippen MR) is 84.0 cm³/mol. The fraction of sp³-hybridized carbons (Fsp3) is 0.235. The van der Waals surface area contributed by atoms with Crippen molar-refractivity contribution >= 4 is 17.7 Å². The molecule has 0 amide bonds. The molecule has 0 aliphatic carbocycles. The van der Waals surface area contributed by atoms with E-state index in [1.165, 1.54) is 11.1 Å². The van der Waals surface area contributed by atoms with Crippen molar-refractivity contribution in [3.63, 3.8) is 0 Å². The van der Waals surface area contributed by atoms with Crippen LogP contribution in [0.3, 0.4) is 0 Å². The lowest BCUT2D eigenvalue weighted by molar-refractivity contribution is -0.136. The molecule has 1 N–H and O–H groups in total. The van der Waals surface area contributed by atoms with Crippen LogP contribution in [-0.4, -0.2) is 16.8 Å². The van der Waals surface area contributed by atoms with Crippen molar-refractivity contribution in [2.45, 2.75) is 18.1 Å². The fourth-order valence-corrected chi connectivity index (χ4v) is 3.48. The van der Waals surface area contributed by atoms with Gasteiger partial charge in [0, 0.05) is 5.75 Å². The largest absolute Gasteiger partial charge is 0.481 e. The van der Waals surface area contributed by atoms with Crippen LogP contribution in [-0.2, 0) is 9.54 Å². The number of aliphatic carboxylic acids is 1. The minimum absolute atomic E-state index is 0.180. The summed E-state index contributed by atoms with van der Waals surface area (Å²) in [5.41, 5.74) is 2.39. The zero-order valence-corrected chi connectivity index (χ0v) is 12.3. The zero-order valence-electron chi connectivity index (χ0n) is 11.5. The highest BCUT2D eigenvalue weighted by Crippen LogP contribution is 2.42. The summed E-state index contributed by atoms with van der Waals surface area (Å²) in [5.74, 6) is -0.156. The lowest BCUT2D eigenvalue weighted by atomic mass is 9.92. The molecule has 2 aromatic carbocycles. The summed E-state index contributed by atoms with van der Waals surface area (Å²) >= 11 is 1.68. The summed E-state index contributed by atoms with van der Waals surface area (Å²) in [5, 5.41) is 8.84. The Kier molecular flexibility index (Phi) is 4.85. The van der Waals surface area contributed by atoms with Crippen molar-refractivity contribution < 1.29 is 9.90 Å². The molecular weight excluding hydrogens is 268 g/mol. The molecule has 0 aliphatic rings. The van der Waals surface area contributed by atoms with Crippen LogP contribution in [0.1, 0.15) is 24.5 Å². The predicted octanol–water partition coefficient (Wildman–Crippen LogP) is 4.16. The van der Waals surface area contributed by atoms with Crippen LogP contribution in [0, 0.1) is 0 Å². The van der Waals surface area contributed by atoms with E-state index in [1.807, 2.05) is 36.4 Å². The number of rotatable bonds is 6. The highest BCUT2D eigenvalue weighted by molar-refractivity contribution is 8.00. The molecule has 0 spiro atoms. The van der Waals surface area contributed by atoms with E-state index >= 15 is 0 Å². The number of thioether (sulfide) groups is 1. The molecular formula is C17H18O2S. The molecule has 20 heavy (non-hydrogen) atoms. The quantitative estimate of drug-likeness (QED) is 0.866. The number of hydrogen-bond donors (Lipinski definition) is 1. The van der Waals surface area contributed by atoms with Crippen LogP contribution in [0.25, 0.3) is 0 Å². The van der Waals surface area contributed by atoms with E-state index in [1.54, 1.807) is 11.8 Å². The van der Waals surface area contributed by atoms with Gasteiger partial charge in [0.1, 0.15) is 0 Å². The van der Waals surface area contributed by atoms with Crippen molar-refractivity contribution in [3.8, 4) is 0 Å². The third kappa shape index (κ3) is 3.42. The fourth-order valence-electron chi connectivity index (χ4n) is 2.19. The van der Waals surface area contributed by atoms with E-state index in [0.29, 0.717) is 5.75 Å². The first-order valence-electron chi connectivity index (χ1n) is 6.60. The summed E-state index contributed by atoms with van der Waals surface area (Å²) < 4.78 is -0.224. The van der Waals surface area contributed by atoms with E-state index in [0.717, 1.165) is 0 Å². The van der Waals surface area contributed by atoms with Gasteiger partial charge >= 0.3 is 5.97 Å². The average Bonchev–Trinajstić information content (AvgIpc) is 2.48. The van der Waals surface area contributed by atoms with Gasteiger partial charge in [0.25, 0.3) is 0 Å². The lowest BCUT2D eigenvalue weighted by Crippen LogP contribution is -2.20. The number of carboxylic acids is 1. The van der Waals surface area contributed by atoms with Crippen molar-refractivity contribution in [2.24, 2.45) is 0 Å². The Bertz CT molecular complexity index is 512. The molecule has 0 unspecified atom stereocenters. The van der Waals surface area contributed by atoms with Crippen LogP contribution in [0.4, 0.5) is 0 Å². The third-order valence-electron chi connectivity index (χ3n) is 3.36. The van der Waals surface area contributed by atoms with Gasteiger partial charge in [-0.1, -0.05) is 60.7 Å². The summed E-state index contributed by atoms with van der Waals surface area (Å²) in [7, 11) is 0. The Hall–Kier alpha value is -1.74. The highest BCUT2D eigenvalue weighted by atomic mass is 32.2. The molecule has 2 aromatic rings. The van der Waals surface area contributed by atoms with Gasteiger partial charge in [-0.25, -0.2) is 0 Å². The second kappa shape index (κ2) is 6.62. The van der Waals surface area contributed by atoms with Crippen molar-refractivity contribution in [2.75, 3.05) is 5.75 Å². The SMILES string of the molecule is CC(SCCC(=O)O)(c1ccccc1)c1ccccc1. The van der Waals surface area contributed by atoms with Crippen LogP contribution >= 0.6 is 11.8 Å². The maximum atomic E-state index is 10.7. The number of carboxylic acid groups (broad SMARTS) is 1. The van der Waals surface area contributed by atoms with E-state index in [4.69, 9.17) is 5.11 Å². The first-order chi connectivity index (χ1) is 9.63. The van der Waals surface area contributed by atoms with E-state index < -0.39 is 5.97 Å². The van der Waals surface area contributed by atoms with Gasteiger partial charge in [-0.05, 0) is 18.1 Å². The second-order valence-electron chi connectivity index (χ2n) is 4.76. The zero-order chi connectivity index (χ0) is 14.4. The highest BCUT2D eigenvalue weighted by Gasteiger charge is 2.29. The van der Waals surface area contributed by atoms with Gasteiger partial charge in [-0.15, -0.1) is 11.8 Å². The molecule has 0 radical (unpaired) electrons. The van der Waals surface area contributed by atoms with Gasteiger partial charge in [-0.3, -0.25) is 4.79 Å². The Morgan fingerprint density at radius 3 is 1.85 bits per heavy atom. The minimum atomic E-state index is -0.749. The Morgan fingerprint density at radius 1 is 1.00 bits per heavy atom. The van der Waals surface area contributed by atoms with Gasteiger partial charge in [0.05, 0.1) is 11.2 Å². The Morgan fingerprint density at radius 2 is 1.45 bits per heavy atom. The molecule has 0 aliphatic heterocycles. The van der Waals surface area contributed by atoms with Crippen molar-refractivity contribution in [1.29, 1.82) is 0 Å². The molecule has 0 bridgehead atoms. The molecule has 2 rings (SSSR count). The molecule has 0 fully saturated rings. The third-order valence-corrected chi connectivity index (χ3v) is 4.81. The van der Waals surface area contributed by atoms with Gasteiger partial charge in [0.2, 0.25) is 0 Å². The topological polar surface area (TPSA) is 37.3 Å². The van der Waals surface area contributed by atoms with Crippen LogP contribution in [0.5, 0.6) is 0 Å². The lowest BCUT2D eigenvalue weighted by Gasteiger charge is -2.30. The van der Waals surface area contributed by atoms with E-state index in [9.17, 15) is 4.79 Å². The van der Waals surface area contributed by atoms with Crippen LogP contribution in [0.15, 0.2) is 60.7 Å². The van der Waals surface area contributed by atoms with Gasteiger partial charge in [0.15, 0.2) is 0 Å². The molecule has 0 aromatic heterocycles. The number of carbonyl (C=O) groups is 1. The maximum Gasteiger partial charge on any atom is 0.304 e. The molecule has 2 nitrogen and oxygen atoms in total. The summed E-state index contributed by atoms with van der Waals surface area (Å²) in [4.78, 5) is 10.7. The summed E-state index contributed by atoms with van der Waals surface area (Å²) in [6, 6.07) is 20.5. The van der Waals surface area contributed by atoms with Crippen LogP contribution in [0.2, 0.25) is 0 Å². The monoisotopic (exact) mass is 286 g/mol. The van der Waals surface area contributed by atoms with Gasteiger partial charge < -0.3 is 5.11 Å². The number of benzene rings is 2. The van der Waals surface area contributed by atoms with Crippen molar-refractivity contribution in [1.82, 2.24) is 0 Å². The molecule has 0 atom stereocenters. The standard InChI is InChI=1S/C17H18O2S/c1-17(20-13-12-16(18)19,14-8-4-2-5-9-14)15-10-6-3-7-11-15/h2-11H,12-13H2,1H3,(H,18,19). The van der Waals surface area contributed by atoms with E-state index in [-0.39, 0.29) is 11.2 Å². The minimum Gasteiger partial charge on any atom is -0.481 e. The number of hydrogen-bond acceptors (Lipinski definition) is 2. The summed E-state index contributed by atoms with van der Waals surface area (Å²) in [6.45, 7) is 2.16. The smallest absolute Gasteiger partial charge is 0.304 e. The molecule has 104 valence electrons. The van der Waals surface area contributed by atoms with Gasteiger partial charge in [-0.2, -0.15) is 0 Å². The second-order valence-corrected chi connectivity index (χ2v) is 6.27. The molecule has 0 saturated heterocycles. The Balaban J connectivity index is 2.31. The maximum absolute atomic E-state index is 10.7. The molecule has 0 heterocycles. The van der Waals surface area contributed by atoms with E-state index in [2.05, 4.69) is 31.2 Å².